The molecular weight excluding hydrogens is 422 g/mol. The minimum Gasteiger partial charge on any atom is -0.491 e. The second kappa shape index (κ2) is 9.79. The molecule has 5 nitrogen and oxygen atoms in total. The molecule has 0 unspecified atom stereocenters. The Balaban J connectivity index is 1.29. The highest BCUT2D eigenvalue weighted by Crippen LogP contribution is 2.25. The van der Waals surface area contributed by atoms with E-state index in [9.17, 15) is 4.79 Å². The van der Waals surface area contributed by atoms with Crippen LogP contribution < -0.4 is 10.1 Å². The maximum atomic E-state index is 12.6. The molecule has 4 aromatic carbocycles. The topological polar surface area (TPSA) is 56.2 Å². The van der Waals surface area contributed by atoms with Gasteiger partial charge in [0.1, 0.15) is 18.2 Å². The maximum Gasteiger partial charge on any atom is 0.251 e. The van der Waals surface area contributed by atoms with Crippen LogP contribution in [-0.4, -0.2) is 28.6 Å². The van der Waals surface area contributed by atoms with E-state index in [0.717, 1.165) is 38.9 Å². The molecule has 5 heteroatoms. The summed E-state index contributed by atoms with van der Waals surface area (Å²) in [5.41, 5.74) is 3.70. The van der Waals surface area contributed by atoms with E-state index < -0.39 is 0 Å². The van der Waals surface area contributed by atoms with Gasteiger partial charge in [0.15, 0.2) is 0 Å². The molecule has 5 rings (SSSR count). The van der Waals surface area contributed by atoms with E-state index in [0.29, 0.717) is 31.7 Å². The monoisotopic (exact) mass is 449 g/mol. The summed E-state index contributed by atoms with van der Waals surface area (Å²) in [4.78, 5) is 17.4. The predicted octanol–water partition coefficient (Wildman–Crippen LogP) is 5.55. The highest BCUT2D eigenvalue weighted by molar-refractivity contribution is 5.95. The number of hydrogen-bond donors (Lipinski definition) is 1. The first kappa shape index (κ1) is 21.7. The highest BCUT2D eigenvalue weighted by atomic mass is 16.5. The second-order valence-electron chi connectivity index (χ2n) is 8.31. The van der Waals surface area contributed by atoms with Crippen molar-refractivity contribution in [1.82, 2.24) is 14.9 Å². The molecule has 0 radical (unpaired) electrons. The van der Waals surface area contributed by atoms with Crippen molar-refractivity contribution in [2.24, 2.45) is 0 Å². The third-order valence-electron chi connectivity index (χ3n) is 6.08. The van der Waals surface area contributed by atoms with E-state index in [4.69, 9.17) is 9.72 Å². The van der Waals surface area contributed by atoms with Crippen molar-refractivity contribution in [1.29, 1.82) is 0 Å². The molecular formula is C29H27N3O2. The highest BCUT2D eigenvalue weighted by Gasteiger charge is 2.13. The lowest BCUT2D eigenvalue weighted by atomic mass is 10.1. The summed E-state index contributed by atoms with van der Waals surface area (Å²) in [6.07, 6.45) is 0.639. The van der Waals surface area contributed by atoms with Gasteiger partial charge in [-0.05, 0) is 42.1 Å². The number of para-hydroxylation sites is 2. The minimum atomic E-state index is -0.0555. The van der Waals surface area contributed by atoms with Gasteiger partial charge >= 0.3 is 0 Å². The molecule has 0 fully saturated rings. The zero-order valence-corrected chi connectivity index (χ0v) is 19.2. The first-order valence-electron chi connectivity index (χ1n) is 11.6. The second-order valence-corrected chi connectivity index (χ2v) is 8.31. The molecule has 1 N–H and O–H groups in total. The van der Waals surface area contributed by atoms with E-state index in [2.05, 4.69) is 34.1 Å². The number of ether oxygens (including phenoxy) is 1. The summed E-state index contributed by atoms with van der Waals surface area (Å²) in [5, 5.41) is 5.31. The van der Waals surface area contributed by atoms with Gasteiger partial charge < -0.3 is 14.6 Å². The van der Waals surface area contributed by atoms with Crippen molar-refractivity contribution in [2.75, 3.05) is 13.2 Å². The molecule has 1 aromatic heterocycles. The van der Waals surface area contributed by atoms with Crippen LogP contribution in [0.2, 0.25) is 0 Å². The Hall–Kier alpha value is -4.12. The van der Waals surface area contributed by atoms with Crippen LogP contribution in [0.25, 0.3) is 21.8 Å². The lowest BCUT2D eigenvalue weighted by Gasteiger charge is -2.13. The smallest absolute Gasteiger partial charge is 0.251 e. The molecule has 0 spiro atoms. The van der Waals surface area contributed by atoms with Crippen LogP contribution in [0.1, 0.15) is 21.7 Å². The van der Waals surface area contributed by atoms with Crippen LogP contribution in [-0.2, 0) is 13.0 Å². The minimum absolute atomic E-state index is 0.0555. The number of carbonyl (C=O) groups excluding carboxylic acids is 1. The molecule has 0 aliphatic heterocycles. The number of imidazole rings is 1. The summed E-state index contributed by atoms with van der Waals surface area (Å²) in [6, 6.07) is 30.1. The van der Waals surface area contributed by atoms with Crippen LogP contribution >= 0.6 is 0 Å². The quantitative estimate of drug-likeness (QED) is 0.338. The molecule has 5 aromatic rings. The maximum absolute atomic E-state index is 12.6. The molecule has 0 saturated heterocycles. The van der Waals surface area contributed by atoms with Gasteiger partial charge in [-0.15, -0.1) is 0 Å². The number of carbonyl (C=O) groups is 1. The molecule has 0 bridgehead atoms. The number of nitrogens with zero attached hydrogens (tertiary/aromatic N) is 2. The lowest BCUT2D eigenvalue weighted by Crippen LogP contribution is -2.27. The first-order valence-corrected chi connectivity index (χ1v) is 11.6. The van der Waals surface area contributed by atoms with Crippen LogP contribution in [0.4, 0.5) is 0 Å². The van der Waals surface area contributed by atoms with E-state index >= 15 is 0 Å². The van der Waals surface area contributed by atoms with Crippen molar-refractivity contribution in [3.63, 3.8) is 0 Å². The fourth-order valence-corrected chi connectivity index (χ4v) is 4.34. The SMILES string of the molecule is Cc1ccccc1C(=O)NCCc1nc2ccccc2n1CCOc1cccc2ccccc12. The summed E-state index contributed by atoms with van der Waals surface area (Å²) >= 11 is 0. The van der Waals surface area contributed by atoms with Crippen LogP contribution in [0, 0.1) is 6.92 Å². The number of amides is 1. The molecule has 34 heavy (non-hydrogen) atoms. The summed E-state index contributed by atoms with van der Waals surface area (Å²) in [5.74, 6) is 1.77. The Morgan fingerprint density at radius 2 is 1.68 bits per heavy atom. The van der Waals surface area contributed by atoms with E-state index in [1.54, 1.807) is 0 Å². The fraction of sp³-hybridized carbons (Fsp3) is 0.172. The number of fused-ring (bicyclic) bond motifs is 2. The van der Waals surface area contributed by atoms with E-state index in [1.165, 1.54) is 0 Å². The van der Waals surface area contributed by atoms with Gasteiger partial charge in [-0.2, -0.15) is 0 Å². The van der Waals surface area contributed by atoms with Crippen molar-refractivity contribution in [2.45, 2.75) is 19.9 Å². The Morgan fingerprint density at radius 3 is 2.59 bits per heavy atom. The average molecular weight is 450 g/mol. The van der Waals surface area contributed by atoms with Crippen molar-refractivity contribution >= 4 is 27.7 Å². The standard InChI is InChI=1S/C29H27N3O2/c1-21-9-2-4-12-23(21)29(33)30-18-17-28-31-25-14-6-7-15-26(25)32(28)19-20-34-27-16-8-11-22-10-3-5-13-24(22)27/h2-16H,17-20H2,1H3,(H,30,33). The number of nitrogens with one attached hydrogen (secondary N) is 1. The van der Waals surface area contributed by atoms with Gasteiger partial charge in [0.2, 0.25) is 0 Å². The van der Waals surface area contributed by atoms with Crippen LogP contribution in [0.3, 0.4) is 0 Å². The molecule has 1 amide bonds. The van der Waals surface area contributed by atoms with Gasteiger partial charge in [0.25, 0.3) is 5.91 Å². The normalized spacial score (nSPS) is 11.1. The van der Waals surface area contributed by atoms with Crippen molar-refractivity contribution in [3.05, 3.63) is 108 Å². The fourth-order valence-electron chi connectivity index (χ4n) is 4.34. The average Bonchev–Trinajstić information content (AvgIpc) is 3.22. The molecule has 0 aliphatic rings. The van der Waals surface area contributed by atoms with Gasteiger partial charge in [-0.25, -0.2) is 4.98 Å². The Labute approximate surface area is 199 Å². The number of rotatable bonds is 8. The zero-order chi connectivity index (χ0) is 23.3. The van der Waals surface area contributed by atoms with Crippen LogP contribution in [0.5, 0.6) is 5.75 Å². The molecule has 0 aliphatic carbocycles. The molecule has 1 heterocycles. The summed E-state index contributed by atoms with van der Waals surface area (Å²) in [6.45, 7) is 3.66. The Kier molecular flexibility index (Phi) is 6.25. The van der Waals surface area contributed by atoms with Gasteiger partial charge in [0, 0.05) is 23.9 Å². The molecule has 0 atom stereocenters. The molecule has 170 valence electrons. The summed E-state index contributed by atoms with van der Waals surface area (Å²) in [7, 11) is 0. The largest absolute Gasteiger partial charge is 0.491 e. The third-order valence-corrected chi connectivity index (χ3v) is 6.08. The van der Waals surface area contributed by atoms with Crippen molar-refractivity contribution in [3.8, 4) is 5.75 Å². The predicted molar refractivity (Wildman–Crippen MR) is 136 cm³/mol. The number of aromatic nitrogens is 2. The first-order chi connectivity index (χ1) is 16.7. The Morgan fingerprint density at radius 1 is 0.912 bits per heavy atom. The Bertz CT molecular complexity index is 1450. The zero-order valence-electron chi connectivity index (χ0n) is 19.2. The molecule has 0 saturated carbocycles. The van der Waals surface area contributed by atoms with Gasteiger partial charge in [-0.3, -0.25) is 4.79 Å². The number of benzene rings is 4. The number of aryl methyl sites for hydroxylation is 1. The third kappa shape index (κ3) is 4.50. The van der Waals surface area contributed by atoms with Crippen molar-refractivity contribution < 1.29 is 9.53 Å². The lowest BCUT2D eigenvalue weighted by molar-refractivity contribution is 0.0953. The van der Waals surface area contributed by atoms with E-state index in [1.807, 2.05) is 73.7 Å². The van der Waals surface area contributed by atoms with Crippen LogP contribution in [0.15, 0.2) is 91.0 Å². The summed E-state index contributed by atoms with van der Waals surface area (Å²) < 4.78 is 8.39. The van der Waals surface area contributed by atoms with Gasteiger partial charge in [-0.1, -0.05) is 66.7 Å². The van der Waals surface area contributed by atoms with Gasteiger partial charge in [0.05, 0.1) is 17.6 Å². The van der Waals surface area contributed by atoms with E-state index in [-0.39, 0.29) is 5.91 Å². The number of hydrogen-bond acceptors (Lipinski definition) is 3.